The molecule has 6 amide bonds. The molecule has 2 aromatic rings. The maximum Gasteiger partial charge on any atom is 0.326 e. The van der Waals surface area contributed by atoms with Gasteiger partial charge in [-0.25, -0.2) is 33.4 Å². The van der Waals surface area contributed by atoms with Crippen LogP contribution in [0.5, 0.6) is 0 Å². The fourth-order valence-electron chi connectivity index (χ4n) is 5.63. The first kappa shape index (κ1) is 51.7. The minimum absolute atomic E-state index is 0.00200. The molecule has 346 valence electrons. The van der Waals surface area contributed by atoms with Gasteiger partial charge in [-0.15, -0.1) is 5.10 Å². The van der Waals surface area contributed by atoms with Gasteiger partial charge in [-0.2, -0.15) is 0 Å². The fraction of sp³-hybridized carbons (Fsp3) is 0.514. The second-order valence-electron chi connectivity index (χ2n) is 13.9. The lowest BCUT2D eigenvalue weighted by Crippen LogP contribution is -2.51. The van der Waals surface area contributed by atoms with Crippen LogP contribution in [-0.2, 0) is 35.2 Å². The molecule has 4 atom stereocenters. The SMILES string of the molecule is O=C(O)CC[C@@H](NC(=O)NC(CCCCNC(=O)c1cc(C(=O)NCCCCC(NC(=O)N[C@H](CCC(=O)O)C(=O)O)C(=O)O)cc(-n2cc(CCCF)nn2)c1)C(=O)O)C(=O)O. The third-order valence-corrected chi connectivity index (χ3v) is 8.93. The van der Waals surface area contributed by atoms with Gasteiger partial charge in [0.25, 0.3) is 11.8 Å². The van der Waals surface area contributed by atoms with Gasteiger partial charge in [0, 0.05) is 37.1 Å². The van der Waals surface area contributed by atoms with Gasteiger partial charge < -0.3 is 62.5 Å². The summed E-state index contributed by atoms with van der Waals surface area (Å²) in [5, 5.41) is 76.7. The zero-order valence-corrected chi connectivity index (χ0v) is 33.7. The number of unbranched alkanes of at least 4 members (excludes halogenated alkanes) is 2. The number of aryl methyl sites for hydroxylation is 1. The van der Waals surface area contributed by atoms with Gasteiger partial charge in [0.05, 0.1) is 24.3 Å². The van der Waals surface area contributed by atoms with E-state index in [1.165, 1.54) is 29.1 Å². The van der Waals surface area contributed by atoms with E-state index in [0.717, 1.165) is 0 Å². The molecule has 1 aromatic heterocycles. The first-order valence-corrected chi connectivity index (χ1v) is 19.5. The molecule has 25 nitrogen and oxygen atoms in total. The molecular formula is C37H50FN9O16. The number of nitrogens with zero attached hydrogens (tertiary/aromatic N) is 3. The summed E-state index contributed by atoms with van der Waals surface area (Å²) in [5.41, 5.74) is 0.664. The molecule has 0 radical (unpaired) electrons. The summed E-state index contributed by atoms with van der Waals surface area (Å²) in [6.45, 7) is -0.575. The Morgan fingerprint density at radius 2 is 0.952 bits per heavy atom. The maximum atomic E-state index is 13.3. The second-order valence-corrected chi connectivity index (χ2v) is 13.9. The van der Waals surface area contributed by atoms with E-state index in [-0.39, 0.29) is 81.3 Å². The van der Waals surface area contributed by atoms with Crippen LogP contribution in [0.1, 0.15) is 97.0 Å². The van der Waals surface area contributed by atoms with Gasteiger partial charge in [0.2, 0.25) is 0 Å². The second kappa shape index (κ2) is 26.7. The number of rotatable bonds is 30. The molecule has 2 unspecified atom stereocenters. The van der Waals surface area contributed by atoms with Crippen LogP contribution in [0, 0.1) is 0 Å². The van der Waals surface area contributed by atoms with Gasteiger partial charge in [-0.3, -0.25) is 23.6 Å². The Bertz CT molecular complexity index is 1850. The topological polar surface area (TPSA) is 395 Å². The maximum absolute atomic E-state index is 13.3. The molecule has 0 saturated carbocycles. The van der Waals surface area contributed by atoms with Crippen LogP contribution in [0.15, 0.2) is 24.4 Å². The number of aliphatic carboxylic acids is 6. The van der Waals surface area contributed by atoms with Gasteiger partial charge in [-0.1, -0.05) is 5.21 Å². The molecule has 0 aliphatic heterocycles. The third-order valence-electron chi connectivity index (χ3n) is 8.93. The average Bonchev–Trinajstić information content (AvgIpc) is 3.70. The van der Waals surface area contributed by atoms with E-state index in [0.29, 0.717) is 5.69 Å². The largest absolute Gasteiger partial charge is 0.481 e. The van der Waals surface area contributed by atoms with Crippen LogP contribution >= 0.6 is 0 Å². The monoisotopic (exact) mass is 895 g/mol. The Morgan fingerprint density at radius 1 is 0.556 bits per heavy atom. The van der Waals surface area contributed by atoms with E-state index in [2.05, 4.69) is 31.6 Å². The van der Waals surface area contributed by atoms with Crippen LogP contribution in [0.4, 0.5) is 14.0 Å². The zero-order chi connectivity index (χ0) is 47.1. The molecule has 12 N–H and O–H groups in total. The van der Waals surface area contributed by atoms with E-state index >= 15 is 0 Å². The highest BCUT2D eigenvalue weighted by Gasteiger charge is 2.26. The number of nitrogens with one attached hydrogen (secondary N) is 6. The van der Waals surface area contributed by atoms with Crippen molar-refractivity contribution in [3.8, 4) is 5.69 Å². The lowest BCUT2D eigenvalue weighted by Gasteiger charge is -2.18. The molecule has 0 aliphatic rings. The number of alkyl halides is 1. The average molecular weight is 896 g/mol. The Kier molecular flexibility index (Phi) is 21.9. The van der Waals surface area contributed by atoms with Crippen molar-refractivity contribution >= 4 is 59.7 Å². The van der Waals surface area contributed by atoms with Crippen LogP contribution in [0.3, 0.4) is 0 Å². The number of carboxylic acid groups (broad SMARTS) is 6. The van der Waals surface area contributed by atoms with Crippen LogP contribution in [0.2, 0.25) is 0 Å². The van der Waals surface area contributed by atoms with Crippen molar-refractivity contribution in [2.24, 2.45) is 0 Å². The number of halogens is 1. The Labute approximate surface area is 357 Å². The minimum atomic E-state index is -1.58. The lowest BCUT2D eigenvalue weighted by atomic mass is 10.1. The first-order chi connectivity index (χ1) is 29.8. The first-order valence-electron chi connectivity index (χ1n) is 19.5. The van der Waals surface area contributed by atoms with Crippen molar-refractivity contribution < 1.29 is 83.0 Å². The van der Waals surface area contributed by atoms with Crippen molar-refractivity contribution in [2.75, 3.05) is 19.8 Å². The summed E-state index contributed by atoms with van der Waals surface area (Å²) < 4.78 is 14.0. The molecule has 0 spiro atoms. The van der Waals surface area contributed by atoms with Gasteiger partial charge in [0.1, 0.15) is 24.2 Å². The Balaban J connectivity index is 2.04. The molecule has 1 heterocycles. The molecule has 0 aliphatic carbocycles. The summed E-state index contributed by atoms with van der Waals surface area (Å²) in [4.78, 5) is 119. The summed E-state index contributed by atoms with van der Waals surface area (Å²) in [6, 6.07) is -4.25. The van der Waals surface area contributed by atoms with Crippen molar-refractivity contribution in [1.29, 1.82) is 0 Å². The number of carbonyl (C=O) groups excluding carboxylic acids is 4. The van der Waals surface area contributed by atoms with E-state index in [9.17, 15) is 72.8 Å². The number of urea groups is 2. The number of carboxylic acids is 6. The lowest BCUT2D eigenvalue weighted by molar-refractivity contribution is -0.142. The highest BCUT2D eigenvalue weighted by atomic mass is 19.1. The molecule has 1 aromatic carbocycles. The van der Waals surface area contributed by atoms with E-state index < -0.39 is 116 Å². The number of hydrogen-bond donors (Lipinski definition) is 12. The standard InChI is InChI=1S/C37H50FN9O16/c38-13-5-6-22-19-47(46-45-22)23-17-20(30(52)39-14-3-1-7-24(32(54)55)41-36(62)43-26(34(58)59)9-11-28(48)49)16-21(18-23)31(53)40-15-4-2-8-25(33(56)57)42-37(63)44-27(35(60)61)10-12-29(50)51/h16-19,24-27H,1-15H2,(H,39,52)(H,40,53)(H,48,49)(H,50,51)(H,54,55)(H,56,57)(H,58,59)(H,60,61)(H2,41,43,62)(H2,42,44,63)/t24?,25?,26-,27-/m1/s1. The number of amides is 6. The van der Waals surface area contributed by atoms with Crippen LogP contribution in [0.25, 0.3) is 5.69 Å². The quantitative estimate of drug-likeness (QED) is 0.0463. The van der Waals surface area contributed by atoms with Crippen molar-refractivity contribution in [3.63, 3.8) is 0 Å². The van der Waals surface area contributed by atoms with Crippen LogP contribution in [-0.4, -0.2) is 149 Å². The highest BCUT2D eigenvalue weighted by Crippen LogP contribution is 2.16. The highest BCUT2D eigenvalue weighted by molar-refractivity contribution is 6.00. The number of hydrogen-bond acceptors (Lipinski definition) is 12. The number of aromatic nitrogens is 3. The summed E-state index contributed by atoms with van der Waals surface area (Å²) in [7, 11) is 0. The molecule has 26 heteroatoms. The number of carbonyl (C=O) groups is 10. The van der Waals surface area contributed by atoms with Gasteiger partial charge in [-0.05, 0) is 82.4 Å². The van der Waals surface area contributed by atoms with Crippen molar-refractivity contribution in [3.05, 3.63) is 41.2 Å². The van der Waals surface area contributed by atoms with Crippen molar-refractivity contribution in [1.82, 2.24) is 46.9 Å². The third kappa shape index (κ3) is 19.7. The Morgan fingerprint density at radius 3 is 1.32 bits per heavy atom. The smallest absolute Gasteiger partial charge is 0.326 e. The molecule has 63 heavy (non-hydrogen) atoms. The van der Waals surface area contributed by atoms with E-state index in [1.54, 1.807) is 0 Å². The normalized spacial score (nSPS) is 12.7. The Hall–Kier alpha value is -7.41. The van der Waals surface area contributed by atoms with E-state index in [4.69, 9.17) is 10.2 Å². The van der Waals surface area contributed by atoms with Gasteiger partial charge in [0.15, 0.2) is 0 Å². The van der Waals surface area contributed by atoms with E-state index in [1.807, 2.05) is 10.6 Å². The summed E-state index contributed by atoms with van der Waals surface area (Å²) >= 11 is 0. The molecular weight excluding hydrogens is 845 g/mol. The summed E-state index contributed by atoms with van der Waals surface area (Å²) in [6.07, 6.45) is 0.420. The fourth-order valence-corrected chi connectivity index (χ4v) is 5.63. The summed E-state index contributed by atoms with van der Waals surface area (Å²) in [5.74, 6) is -9.76. The predicted octanol–water partition coefficient (Wildman–Crippen LogP) is 0.110. The number of benzene rings is 1. The molecule has 0 fully saturated rings. The molecule has 2 rings (SSSR count). The minimum Gasteiger partial charge on any atom is -0.481 e. The van der Waals surface area contributed by atoms with Crippen LogP contribution < -0.4 is 31.9 Å². The molecule has 0 bridgehead atoms. The van der Waals surface area contributed by atoms with Gasteiger partial charge >= 0.3 is 47.9 Å². The molecule has 0 saturated heterocycles. The van der Waals surface area contributed by atoms with Crippen molar-refractivity contribution in [2.45, 2.75) is 101 Å². The predicted molar refractivity (Wildman–Crippen MR) is 211 cm³/mol. The zero-order valence-electron chi connectivity index (χ0n) is 33.7.